The molecule has 0 saturated carbocycles. The van der Waals surface area contributed by atoms with E-state index in [0.717, 1.165) is 25.7 Å². The topological polar surface area (TPSA) is 69.6 Å². The van der Waals surface area contributed by atoms with Crippen molar-refractivity contribution in [1.29, 1.82) is 0 Å². The molecule has 4 nitrogen and oxygen atoms in total. The van der Waals surface area contributed by atoms with Crippen molar-refractivity contribution in [1.82, 2.24) is 5.32 Å². The normalized spacial score (nSPS) is 12.9. The molecule has 0 saturated heterocycles. The van der Waals surface area contributed by atoms with Gasteiger partial charge in [0.15, 0.2) is 0 Å². The van der Waals surface area contributed by atoms with Crippen molar-refractivity contribution in [2.75, 3.05) is 6.61 Å². The summed E-state index contributed by atoms with van der Waals surface area (Å²) in [5, 5.41) is 23.2. The van der Waals surface area contributed by atoms with Crippen molar-refractivity contribution in [2.45, 2.75) is 341 Å². The van der Waals surface area contributed by atoms with Gasteiger partial charge in [-0.1, -0.05) is 301 Å². The number of aliphatic hydroxyl groups is 2. The third kappa shape index (κ3) is 51.7. The fourth-order valence-electron chi connectivity index (χ4n) is 9.24. The lowest BCUT2D eigenvalue weighted by Gasteiger charge is -2.20. The first kappa shape index (κ1) is 61.9. The zero-order chi connectivity index (χ0) is 45.6. The van der Waals surface area contributed by atoms with E-state index >= 15 is 0 Å². The van der Waals surface area contributed by atoms with Crippen molar-refractivity contribution >= 4 is 5.91 Å². The monoisotopic (exact) mass is 886 g/mol. The number of aliphatic hydroxyl groups excluding tert-OH is 2. The molecule has 0 fully saturated rings. The number of carbonyl (C=O) groups excluding carboxylic acids is 1. The highest BCUT2D eigenvalue weighted by atomic mass is 16.3. The molecular weight excluding hydrogens is 771 g/mol. The second-order valence-corrected chi connectivity index (χ2v) is 20.1. The van der Waals surface area contributed by atoms with Gasteiger partial charge in [-0.05, 0) is 44.9 Å². The molecule has 0 radical (unpaired) electrons. The first-order valence-corrected chi connectivity index (χ1v) is 29.1. The van der Waals surface area contributed by atoms with Crippen LogP contribution in [0, 0.1) is 0 Å². The number of amides is 1. The number of hydrogen-bond acceptors (Lipinski definition) is 3. The fourth-order valence-corrected chi connectivity index (χ4v) is 9.24. The third-order valence-corrected chi connectivity index (χ3v) is 13.7. The maximum Gasteiger partial charge on any atom is 0.220 e. The van der Waals surface area contributed by atoms with Crippen LogP contribution in [0.1, 0.15) is 328 Å². The van der Waals surface area contributed by atoms with Crippen LogP contribution >= 0.6 is 0 Å². The van der Waals surface area contributed by atoms with Crippen molar-refractivity contribution in [2.24, 2.45) is 0 Å². The largest absolute Gasteiger partial charge is 0.394 e. The number of rotatable bonds is 54. The average molecular weight is 887 g/mol. The highest BCUT2D eigenvalue weighted by molar-refractivity contribution is 5.76. The standard InChI is InChI=1S/C59H115NO3/c1-3-5-7-9-11-13-15-17-19-21-23-25-26-27-28-29-30-31-32-33-35-37-39-41-43-45-47-49-51-53-55-59(63)60-57(56-61)58(62)54-52-50-48-46-44-42-40-38-36-34-24-22-20-18-16-14-12-10-8-6-4-2/h27-28,52,54,57-58,61-62H,3-26,29-51,53,55-56H2,1-2H3,(H,60,63)/b28-27-,54-52+. The van der Waals surface area contributed by atoms with Crippen LogP contribution in [-0.4, -0.2) is 34.9 Å². The lowest BCUT2D eigenvalue weighted by atomic mass is 10.0. The summed E-state index contributed by atoms with van der Waals surface area (Å²) in [4.78, 5) is 12.5. The Kier molecular flexibility index (Phi) is 54.2. The zero-order valence-electron chi connectivity index (χ0n) is 43.1. The van der Waals surface area contributed by atoms with Crippen molar-refractivity contribution in [3.63, 3.8) is 0 Å². The maximum atomic E-state index is 12.5. The molecule has 4 heteroatoms. The molecule has 0 aromatic heterocycles. The van der Waals surface area contributed by atoms with E-state index in [1.165, 1.54) is 283 Å². The lowest BCUT2D eigenvalue weighted by molar-refractivity contribution is -0.123. The van der Waals surface area contributed by atoms with Crippen LogP contribution in [-0.2, 0) is 4.79 Å². The van der Waals surface area contributed by atoms with Gasteiger partial charge in [-0.15, -0.1) is 0 Å². The lowest BCUT2D eigenvalue weighted by Crippen LogP contribution is -2.45. The summed E-state index contributed by atoms with van der Waals surface area (Å²) in [6, 6.07) is -0.621. The van der Waals surface area contributed by atoms with Gasteiger partial charge in [0.1, 0.15) is 0 Å². The molecule has 0 bridgehead atoms. The Morgan fingerprint density at radius 1 is 0.365 bits per heavy atom. The molecule has 0 aliphatic carbocycles. The Hall–Kier alpha value is -1.13. The SMILES string of the molecule is CCCCCCCCCCCCCC/C=C\CCCCCCCCCCCCCCCCC(=O)NC(CO)C(O)/C=C/CCCCCCCCCCCCCCCCCCCCC. The summed E-state index contributed by atoms with van der Waals surface area (Å²) in [7, 11) is 0. The van der Waals surface area contributed by atoms with Crippen molar-refractivity contribution in [3.8, 4) is 0 Å². The summed E-state index contributed by atoms with van der Waals surface area (Å²) in [6.45, 7) is 4.35. The van der Waals surface area contributed by atoms with E-state index in [0.29, 0.717) is 6.42 Å². The average Bonchev–Trinajstić information content (AvgIpc) is 3.29. The summed E-state index contributed by atoms with van der Waals surface area (Å²) < 4.78 is 0. The molecule has 0 aliphatic rings. The Balaban J connectivity index is 3.45. The van der Waals surface area contributed by atoms with Crippen molar-refractivity contribution in [3.05, 3.63) is 24.3 Å². The number of nitrogens with one attached hydrogen (secondary N) is 1. The maximum absolute atomic E-state index is 12.5. The minimum Gasteiger partial charge on any atom is -0.394 e. The van der Waals surface area contributed by atoms with Gasteiger partial charge in [-0.2, -0.15) is 0 Å². The van der Waals surface area contributed by atoms with E-state index in [2.05, 4.69) is 31.3 Å². The van der Waals surface area contributed by atoms with Gasteiger partial charge in [0, 0.05) is 6.42 Å². The van der Waals surface area contributed by atoms with Crippen LogP contribution in [0.15, 0.2) is 24.3 Å². The number of unbranched alkanes of at least 4 members (excludes halogenated alkanes) is 45. The molecule has 0 rings (SSSR count). The molecule has 2 unspecified atom stereocenters. The molecule has 0 aliphatic heterocycles. The van der Waals surface area contributed by atoms with Gasteiger partial charge in [0.2, 0.25) is 5.91 Å². The molecule has 0 aromatic carbocycles. The van der Waals surface area contributed by atoms with E-state index in [1.54, 1.807) is 6.08 Å². The van der Waals surface area contributed by atoms with Gasteiger partial charge in [0.05, 0.1) is 18.8 Å². The smallest absolute Gasteiger partial charge is 0.220 e. The first-order valence-electron chi connectivity index (χ1n) is 29.1. The highest BCUT2D eigenvalue weighted by Gasteiger charge is 2.18. The second-order valence-electron chi connectivity index (χ2n) is 20.1. The molecular formula is C59H115NO3. The Morgan fingerprint density at radius 2 is 0.603 bits per heavy atom. The molecule has 3 N–H and O–H groups in total. The predicted octanol–water partition coefficient (Wildman–Crippen LogP) is 19.1. The van der Waals surface area contributed by atoms with Crippen LogP contribution in [0.4, 0.5) is 0 Å². The van der Waals surface area contributed by atoms with Crippen LogP contribution in [0.25, 0.3) is 0 Å². The van der Waals surface area contributed by atoms with Gasteiger partial charge in [-0.3, -0.25) is 4.79 Å². The predicted molar refractivity (Wildman–Crippen MR) is 281 cm³/mol. The van der Waals surface area contributed by atoms with Gasteiger partial charge in [0.25, 0.3) is 0 Å². The zero-order valence-corrected chi connectivity index (χ0v) is 43.1. The van der Waals surface area contributed by atoms with Crippen molar-refractivity contribution < 1.29 is 15.0 Å². The molecule has 0 heterocycles. The van der Waals surface area contributed by atoms with E-state index in [9.17, 15) is 15.0 Å². The molecule has 0 spiro atoms. The Bertz CT molecular complexity index is 916. The number of allylic oxidation sites excluding steroid dienone is 3. The number of hydrogen-bond donors (Lipinski definition) is 3. The molecule has 374 valence electrons. The van der Waals surface area contributed by atoms with E-state index < -0.39 is 12.1 Å². The highest BCUT2D eigenvalue weighted by Crippen LogP contribution is 2.17. The molecule has 1 amide bonds. The minimum absolute atomic E-state index is 0.0580. The quantitative estimate of drug-likeness (QED) is 0.0421. The number of carbonyl (C=O) groups is 1. The fraction of sp³-hybridized carbons (Fsp3) is 0.915. The van der Waals surface area contributed by atoms with Crippen LogP contribution in [0.2, 0.25) is 0 Å². The molecule has 0 aromatic rings. The van der Waals surface area contributed by atoms with E-state index in [-0.39, 0.29) is 12.5 Å². The minimum atomic E-state index is -0.838. The molecule has 2 atom stereocenters. The Morgan fingerprint density at radius 3 is 0.873 bits per heavy atom. The summed E-state index contributed by atoms with van der Waals surface area (Å²) in [5.41, 5.74) is 0. The first-order chi connectivity index (χ1) is 31.2. The van der Waals surface area contributed by atoms with Gasteiger partial charge < -0.3 is 15.5 Å². The summed E-state index contributed by atoms with van der Waals surface area (Å²) in [5.74, 6) is -0.0580. The van der Waals surface area contributed by atoms with Crippen LogP contribution < -0.4 is 5.32 Å². The Labute approximate surface area is 396 Å². The second kappa shape index (κ2) is 55.2. The summed E-state index contributed by atoms with van der Waals surface area (Å²) >= 11 is 0. The van der Waals surface area contributed by atoms with Crippen LogP contribution in [0.5, 0.6) is 0 Å². The summed E-state index contributed by atoms with van der Waals surface area (Å²) in [6.07, 6.45) is 73.5. The van der Waals surface area contributed by atoms with E-state index in [4.69, 9.17) is 0 Å². The molecule has 63 heavy (non-hydrogen) atoms. The van der Waals surface area contributed by atoms with Gasteiger partial charge in [-0.25, -0.2) is 0 Å². The van der Waals surface area contributed by atoms with Gasteiger partial charge >= 0.3 is 0 Å². The third-order valence-electron chi connectivity index (χ3n) is 13.7. The van der Waals surface area contributed by atoms with E-state index in [1.807, 2.05) is 6.08 Å². The van der Waals surface area contributed by atoms with Crippen LogP contribution in [0.3, 0.4) is 0 Å².